The van der Waals surface area contributed by atoms with E-state index in [0.717, 1.165) is 8.04 Å². The minimum absolute atomic E-state index is 0.248. The highest BCUT2D eigenvalue weighted by Crippen LogP contribution is 2.35. The number of carbonyl (C=O) groups excluding carboxylic acids is 1. The number of ether oxygens (including phenoxy) is 3. The molecule has 0 aliphatic rings. The average molecular weight is 642 g/mol. The first-order valence-electron chi connectivity index (χ1n) is 10.8. The topological polar surface area (TPSA) is 92.0 Å². The molecule has 2 aromatic carbocycles. The number of nitrogens with zero attached hydrogens (tertiary/aromatic N) is 3. The summed E-state index contributed by atoms with van der Waals surface area (Å²) in [5.41, 5.74) is 1.08. The van der Waals surface area contributed by atoms with E-state index < -0.39 is 12.1 Å². The SMILES string of the molecule is CCOC(=O)[C@@H](C)Oc1c(I)cc(C=Nn2c(CC)nc3ccc(Br)cc3c2=O)cc1OCC. The van der Waals surface area contributed by atoms with Gasteiger partial charge in [0.2, 0.25) is 0 Å². The number of halogens is 2. The van der Waals surface area contributed by atoms with Crippen molar-refractivity contribution >= 4 is 61.6 Å². The summed E-state index contributed by atoms with van der Waals surface area (Å²) in [5.74, 6) is 1.02. The smallest absolute Gasteiger partial charge is 0.347 e. The number of aryl methyl sites for hydroxylation is 1. The number of benzene rings is 2. The van der Waals surface area contributed by atoms with Crippen molar-refractivity contribution in [3.05, 3.63) is 60.1 Å². The Bertz CT molecular complexity index is 1290. The number of fused-ring (bicyclic) bond motifs is 1. The maximum absolute atomic E-state index is 13.1. The van der Waals surface area contributed by atoms with Crippen LogP contribution in [0.2, 0.25) is 0 Å². The molecule has 3 aromatic rings. The van der Waals surface area contributed by atoms with Gasteiger partial charge in [0.15, 0.2) is 17.6 Å². The molecule has 10 heteroatoms. The van der Waals surface area contributed by atoms with Crippen molar-refractivity contribution in [3.63, 3.8) is 0 Å². The normalized spacial score (nSPS) is 12.2. The summed E-state index contributed by atoms with van der Waals surface area (Å²) in [6.07, 6.45) is 1.33. The summed E-state index contributed by atoms with van der Waals surface area (Å²) in [5, 5.41) is 4.92. The van der Waals surface area contributed by atoms with Gasteiger partial charge in [-0.25, -0.2) is 9.78 Å². The standard InChI is InChI=1S/C24H25BrIN3O5/c1-5-21-28-19-9-8-16(25)12-17(19)23(30)29(21)27-13-15-10-18(26)22(20(11-15)32-6-2)34-14(4)24(31)33-7-3/h8-14H,5-7H2,1-4H3/t14-/m1/s1. The second-order valence-electron chi connectivity index (χ2n) is 7.18. The van der Waals surface area contributed by atoms with E-state index in [0.29, 0.717) is 46.8 Å². The van der Waals surface area contributed by atoms with Crippen LogP contribution in [0.25, 0.3) is 10.9 Å². The zero-order valence-corrected chi connectivity index (χ0v) is 23.0. The van der Waals surface area contributed by atoms with Crippen molar-refractivity contribution in [1.29, 1.82) is 0 Å². The van der Waals surface area contributed by atoms with Crippen LogP contribution in [-0.4, -0.2) is 41.2 Å². The van der Waals surface area contributed by atoms with Gasteiger partial charge >= 0.3 is 5.97 Å². The molecule has 0 aliphatic heterocycles. The van der Waals surface area contributed by atoms with Crippen LogP contribution in [0.4, 0.5) is 0 Å². The second-order valence-corrected chi connectivity index (χ2v) is 9.26. The van der Waals surface area contributed by atoms with Crippen molar-refractivity contribution < 1.29 is 19.0 Å². The second kappa shape index (κ2) is 11.8. The molecule has 0 bridgehead atoms. The number of rotatable bonds is 9. The number of hydrogen-bond donors (Lipinski definition) is 0. The Morgan fingerprint density at radius 2 is 2.00 bits per heavy atom. The molecule has 34 heavy (non-hydrogen) atoms. The predicted molar refractivity (Wildman–Crippen MR) is 143 cm³/mol. The maximum atomic E-state index is 13.1. The Hall–Kier alpha value is -2.47. The van der Waals surface area contributed by atoms with Crippen LogP contribution in [0.5, 0.6) is 11.5 Å². The van der Waals surface area contributed by atoms with Gasteiger partial charge in [0.25, 0.3) is 5.56 Å². The van der Waals surface area contributed by atoms with Crippen LogP contribution in [-0.2, 0) is 16.0 Å². The van der Waals surface area contributed by atoms with Crippen LogP contribution >= 0.6 is 38.5 Å². The summed E-state index contributed by atoms with van der Waals surface area (Å²) in [4.78, 5) is 29.7. The molecular weight excluding hydrogens is 617 g/mol. The van der Waals surface area contributed by atoms with E-state index in [-0.39, 0.29) is 12.2 Å². The number of aromatic nitrogens is 2. The zero-order valence-electron chi connectivity index (χ0n) is 19.3. The highest BCUT2D eigenvalue weighted by atomic mass is 127. The Balaban J connectivity index is 2.00. The number of carbonyl (C=O) groups is 1. The first-order valence-corrected chi connectivity index (χ1v) is 12.7. The fourth-order valence-corrected chi connectivity index (χ4v) is 4.30. The minimum Gasteiger partial charge on any atom is -0.490 e. The van der Waals surface area contributed by atoms with Gasteiger partial charge in [-0.15, -0.1) is 0 Å². The van der Waals surface area contributed by atoms with Crippen molar-refractivity contribution in [3.8, 4) is 11.5 Å². The molecule has 0 amide bonds. The lowest BCUT2D eigenvalue weighted by molar-refractivity contribution is -0.150. The zero-order chi connectivity index (χ0) is 24.8. The molecule has 0 saturated heterocycles. The first-order chi connectivity index (χ1) is 16.3. The maximum Gasteiger partial charge on any atom is 0.347 e. The van der Waals surface area contributed by atoms with Crippen LogP contribution in [0.1, 0.15) is 39.1 Å². The third kappa shape index (κ3) is 5.96. The molecule has 0 saturated carbocycles. The summed E-state index contributed by atoms with van der Waals surface area (Å²) in [7, 11) is 0. The van der Waals surface area contributed by atoms with Crippen molar-refractivity contribution in [1.82, 2.24) is 9.66 Å². The summed E-state index contributed by atoms with van der Waals surface area (Å²) < 4.78 is 19.5. The van der Waals surface area contributed by atoms with E-state index in [1.54, 1.807) is 38.3 Å². The molecule has 0 fully saturated rings. The van der Waals surface area contributed by atoms with Crippen molar-refractivity contribution in [2.24, 2.45) is 5.10 Å². The van der Waals surface area contributed by atoms with E-state index in [4.69, 9.17) is 14.2 Å². The number of hydrogen-bond acceptors (Lipinski definition) is 7. The Kier molecular flexibility index (Phi) is 9.06. The van der Waals surface area contributed by atoms with Gasteiger partial charge in [-0.05, 0) is 79.3 Å². The highest BCUT2D eigenvalue weighted by Gasteiger charge is 2.21. The van der Waals surface area contributed by atoms with Gasteiger partial charge < -0.3 is 14.2 Å². The van der Waals surface area contributed by atoms with Gasteiger partial charge in [-0.2, -0.15) is 9.78 Å². The molecular formula is C24H25BrIN3O5. The van der Waals surface area contributed by atoms with Gasteiger partial charge in [0.1, 0.15) is 5.82 Å². The Morgan fingerprint density at radius 1 is 1.24 bits per heavy atom. The van der Waals surface area contributed by atoms with Gasteiger partial charge in [-0.3, -0.25) is 4.79 Å². The summed E-state index contributed by atoms with van der Waals surface area (Å²) >= 11 is 5.52. The molecule has 0 aliphatic carbocycles. The van der Waals surface area contributed by atoms with Crippen molar-refractivity contribution in [2.75, 3.05) is 13.2 Å². The molecule has 1 atom stereocenters. The average Bonchev–Trinajstić information content (AvgIpc) is 2.81. The lowest BCUT2D eigenvalue weighted by Gasteiger charge is -2.18. The third-order valence-corrected chi connectivity index (χ3v) is 6.05. The van der Waals surface area contributed by atoms with E-state index >= 15 is 0 Å². The van der Waals surface area contributed by atoms with E-state index in [1.165, 1.54) is 4.68 Å². The molecule has 0 N–H and O–H groups in total. The van der Waals surface area contributed by atoms with Crippen LogP contribution < -0.4 is 15.0 Å². The third-order valence-electron chi connectivity index (χ3n) is 4.76. The van der Waals surface area contributed by atoms with E-state index in [9.17, 15) is 9.59 Å². The lowest BCUT2D eigenvalue weighted by Crippen LogP contribution is -2.26. The lowest BCUT2D eigenvalue weighted by atomic mass is 10.2. The molecule has 180 valence electrons. The quantitative estimate of drug-likeness (QED) is 0.187. The van der Waals surface area contributed by atoms with Crippen LogP contribution in [0, 0.1) is 3.57 Å². The molecule has 0 spiro atoms. The summed E-state index contributed by atoms with van der Waals surface area (Å²) in [6, 6.07) is 8.99. The molecule has 1 aromatic heterocycles. The number of esters is 1. The van der Waals surface area contributed by atoms with Gasteiger partial charge in [-0.1, -0.05) is 22.9 Å². The Morgan fingerprint density at radius 3 is 2.68 bits per heavy atom. The monoisotopic (exact) mass is 641 g/mol. The van der Waals surface area contributed by atoms with Crippen LogP contribution in [0.15, 0.2) is 44.7 Å². The summed E-state index contributed by atoms with van der Waals surface area (Å²) in [6.45, 7) is 7.83. The first kappa shape index (κ1) is 26.1. The largest absolute Gasteiger partial charge is 0.490 e. The van der Waals surface area contributed by atoms with E-state index in [2.05, 4.69) is 48.6 Å². The van der Waals surface area contributed by atoms with Gasteiger partial charge in [0, 0.05) is 10.9 Å². The van der Waals surface area contributed by atoms with Gasteiger partial charge in [0.05, 0.1) is 33.9 Å². The van der Waals surface area contributed by atoms with Crippen molar-refractivity contribution in [2.45, 2.75) is 40.2 Å². The Labute approximate surface area is 219 Å². The molecule has 1 heterocycles. The molecule has 0 unspecified atom stereocenters. The minimum atomic E-state index is -0.791. The molecule has 8 nitrogen and oxygen atoms in total. The molecule has 3 rings (SSSR count). The molecule has 0 radical (unpaired) electrons. The highest BCUT2D eigenvalue weighted by molar-refractivity contribution is 14.1. The fourth-order valence-electron chi connectivity index (χ4n) is 3.19. The predicted octanol–water partition coefficient (Wildman–Crippen LogP) is 4.94. The van der Waals surface area contributed by atoms with E-state index in [1.807, 2.05) is 26.0 Å². The fraction of sp³-hybridized carbons (Fsp3) is 0.333. The van der Waals surface area contributed by atoms with Crippen LogP contribution in [0.3, 0.4) is 0 Å².